The molecule has 0 bridgehead atoms. The Morgan fingerprint density at radius 1 is 1.00 bits per heavy atom. The normalized spacial score (nSPS) is 10.8. The summed E-state index contributed by atoms with van der Waals surface area (Å²) >= 11 is 18.0. The van der Waals surface area contributed by atoms with Gasteiger partial charge in [-0.25, -0.2) is 4.98 Å². The van der Waals surface area contributed by atoms with Crippen molar-refractivity contribution in [3.63, 3.8) is 0 Å². The first-order chi connectivity index (χ1) is 9.63. The summed E-state index contributed by atoms with van der Waals surface area (Å²) in [5.74, 6) is 0.552. The fourth-order valence-corrected chi connectivity index (χ4v) is 2.07. The van der Waals surface area contributed by atoms with Crippen LogP contribution >= 0.6 is 34.8 Å². The molecule has 0 radical (unpaired) electrons. The van der Waals surface area contributed by atoms with Gasteiger partial charge in [0.15, 0.2) is 5.82 Å². The molecule has 6 nitrogen and oxygen atoms in total. The molecule has 0 aliphatic rings. The Kier molecular flexibility index (Phi) is 3.52. The van der Waals surface area contributed by atoms with Crippen molar-refractivity contribution in [2.24, 2.45) is 0 Å². The average Bonchev–Trinajstić information content (AvgIpc) is 2.95. The molecule has 0 spiro atoms. The minimum Gasteiger partial charge on any atom is -0.223 e. The molecule has 3 aromatic rings. The lowest BCUT2D eigenvalue weighted by molar-refractivity contribution is 0.796. The number of aromatic nitrogens is 6. The highest BCUT2D eigenvalue weighted by Crippen LogP contribution is 2.28. The highest BCUT2D eigenvalue weighted by Gasteiger charge is 2.12. The van der Waals surface area contributed by atoms with E-state index in [4.69, 9.17) is 34.8 Å². The number of rotatable bonds is 2. The van der Waals surface area contributed by atoms with Crippen molar-refractivity contribution >= 4 is 34.8 Å². The van der Waals surface area contributed by atoms with Crippen molar-refractivity contribution < 1.29 is 0 Å². The van der Waals surface area contributed by atoms with E-state index in [0.29, 0.717) is 21.4 Å². The zero-order chi connectivity index (χ0) is 14.1. The molecule has 0 N–H and O–H groups in total. The molecule has 2 aromatic heterocycles. The van der Waals surface area contributed by atoms with Crippen LogP contribution in [0.1, 0.15) is 0 Å². The topological polar surface area (TPSA) is 69.4 Å². The van der Waals surface area contributed by atoms with Gasteiger partial charge < -0.3 is 0 Å². The van der Waals surface area contributed by atoms with Gasteiger partial charge in [0.2, 0.25) is 5.28 Å². The summed E-state index contributed by atoms with van der Waals surface area (Å²) in [6.45, 7) is 0. The number of hydrogen-bond acceptors (Lipinski definition) is 5. The summed E-state index contributed by atoms with van der Waals surface area (Å²) < 4.78 is 1.37. The first-order valence-corrected chi connectivity index (χ1v) is 6.49. The van der Waals surface area contributed by atoms with Crippen LogP contribution in [0.5, 0.6) is 0 Å². The van der Waals surface area contributed by atoms with Crippen molar-refractivity contribution in [3.8, 4) is 17.3 Å². The molecular formula is C11H5Cl3N6. The Hall–Kier alpha value is -1.76. The van der Waals surface area contributed by atoms with Gasteiger partial charge in [0.25, 0.3) is 5.95 Å². The Bertz CT molecular complexity index is 759. The predicted molar refractivity (Wildman–Crippen MR) is 75.2 cm³/mol. The molecule has 100 valence electrons. The smallest absolute Gasteiger partial charge is 0.223 e. The van der Waals surface area contributed by atoms with Gasteiger partial charge in [-0.15, -0.1) is 0 Å². The largest absolute Gasteiger partial charge is 0.256 e. The molecular weight excluding hydrogens is 323 g/mol. The molecule has 2 heterocycles. The van der Waals surface area contributed by atoms with Crippen molar-refractivity contribution in [2.45, 2.75) is 0 Å². The monoisotopic (exact) mass is 326 g/mol. The summed E-state index contributed by atoms with van der Waals surface area (Å²) in [7, 11) is 0. The third kappa shape index (κ3) is 2.58. The molecule has 0 unspecified atom stereocenters. The van der Waals surface area contributed by atoms with E-state index in [1.54, 1.807) is 18.2 Å². The van der Waals surface area contributed by atoms with Crippen LogP contribution in [0, 0.1) is 0 Å². The van der Waals surface area contributed by atoms with Gasteiger partial charge in [-0.1, -0.05) is 23.2 Å². The van der Waals surface area contributed by atoms with E-state index < -0.39 is 0 Å². The van der Waals surface area contributed by atoms with Crippen LogP contribution in [0.25, 0.3) is 17.3 Å². The Morgan fingerprint density at radius 2 is 1.85 bits per heavy atom. The zero-order valence-corrected chi connectivity index (χ0v) is 12.0. The van der Waals surface area contributed by atoms with E-state index in [9.17, 15) is 0 Å². The third-order valence-corrected chi connectivity index (χ3v) is 3.12. The first kappa shape index (κ1) is 13.2. The van der Waals surface area contributed by atoms with Crippen molar-refractivity contribution in [1.29, 1.82) is 0 Å². The van der Waals surface area contributed by atoms with Crippen molar-refractivity contribution in [3.05, 3.63) is 46.2 Å². The van der Waals surface area contributed by atoms with Gasteiger partial charge in [-0.2, -0.15) is 24.7 Å². The molecule has 0 amide bonds. The molecule has 0 aliphatic heterocycles. The number of halogens is 3. The van der Waals surface area contributed by atoms with E-state index in [1.165, 1.54) is 17.3 Å². The average molecular weight is 328 g/mol. The van der Waals surface area contributed by atoms with Crippen LogP contribution < -0.4 is 0 Å². The summed E-state index contributed by atoms with van der Waals surface area (Å²) in [4.78, 5) is 16.1. The Labute approximate surface area is 128 Å². The van der Waals surface area contributed by atoms with E-state index >= 15 is 0 Å². The first-order valence-electron chi connectivity index (χ1n) is 5.35. The maximum absolute atomic E-state index is 6.12. The van der Waals surface area contributed by atoms with E-state index in [0.717, 1.165) is 0 Å². The standard InChI is InChI=1S/C11H5Cl3N6/c12-6-1-2-8(13)7(3-6)9-17-10(14)19-11(18-9)20-5-15-4-16-20/h1-5H. The van der Waals surface area contributed by atoms with E-state index in [-0.39, 0.29) is 11.2 Å². The SMILES string of the molecule is Clc1ccc(Cl)c(-c2nc(Cl)nc(-n3cncn3)n2)c1. The van der Waals surface area contributed by atoms with Crippen LogP contribution in [-0.2, 0) is 0 Å². The van der Waals surface area contributed by atoms with Crippen molar-refractivity contribution in [1.82, 2.24) is 29.7 Å². The second-order valence-electron chi connectivity index (χ2n) is 3.69. The molecule has 9 heteroatoms. The zero-order valence-electron chi connectivity index (χ0n) is 9.70. The second kappa shape index (κ2) is 5.32. The maximum Gasteiger partial charge on any atom is 0.256 e. The van der Waals surface area contributed by atoms with Gasteiger partial charge in [0.1, 0.15) is 12.7 Å². The molecule has 0 saturated heterocycles. The number of hydrogen-bond donors (Lipinski definition) is 0. The Morgan fingerprint density at radius 3 is 2.60 bits per heavy atom. The van der Waals surface area contributed by atoms with Gasteiger partial charge in [-0.3, -0.25) is 0 Å². The van der Waals surface area contributed by atoms with Crippen LogP contribution in [-0.4, -0.2) is 29.7 Å². The van der Waals surface area contributed by atoms with Crippen LogP contribution in [0.4, 0.5) is 0 Å². The molecule has 20 heavy (non-hydrogen) atoms. The van der Waals surface area contributed by atoms with Gasteiger partial charge >= 0.3 is 0 Å². The fraction of sp³-hybridized carbons (Fsp3) is 0. The lowest BCUT2D eigenvalue weighted by atomic mass is 10.2. The molecule has 0 saturated carbocycles. The van der Waals surface area contributed by atoms with Gasteiger partial charge in [0, 0.05) is 10.6 Å². The summed E-state index contributed by atoms with van der Waals surface area (Å²) in [6.07, 6.45) is 2.82. The van der Waals surface area contributed by atoms with Crippen LogP contribution in [0.3, 0.4) is 0 Å². The minimum absolute atomic E-state index is 0.0246. The number of benzene rings is 1. The molecule has 0 atom stereocenters. The molecule has 0 aliphatic carbocycles. The van der Waals surface area contributed by atoms with Crippen molar-refractivity contribution in [2.75, 3.05) is 0 Å². The van der Waals surface area contributed by atoms with E-state index in [2.05, 4.69) is 25.0 Å². The highest BCUT2D eigenvalue weighted by molar-refractivity contribution is 6.35. The van der Waals surface area contributed by atoms with Gasteiger partial charge in [0.05, 0.1) is 5.02 Å². The van der Waals surface area contributed by atoms with Crippen LogP contribution in [0.2, 0.25) is 15.3 Å². The summed E-state index contributed by atoms with van der Waals surface area (Å²) in [6, 6.07) is 4.99. The predicted octanol–water partition coefficient (Wildman–Crippen LogP) is 3.08. The lowest BCUT2D eigenvalue weighted by Crippen LogP contribution is -2.05. The molecule has 1 aromatic carbocycles. The molecule has 0 fully saturated rings. The highest BCUT2D eigenvalue weighted by atomic mass is 35.5. The number of nitrogens with zero attached hydrogens (tertiary/aromatic N) is 6. The Balaban J connectivity index is 2.17. The second-order valence-corrected chi connectivity index (χ2v) is 4.87. The lowest BCUT2D eigenvalue weighted by Gasteiger charge is -2.06. The third-order valence-electron chi connectivity index (χ3n) is 2.39. The fourth-order valence-electron chi connectivity index (χ4n) is 1.54. The maximum atomic E-state index is 6.12. The van der Waals surface area contributed by atoms with Crippen LogP contribution in [0.15, 0.2) is 30.9 Å². The van der Waals surface area contributed by atoms with E-state index in [1.807, 2.05) is 0 Å². The molecule has 3 rings (SSSR count). The van der Waals surface area contributed by atoms with Gasteiger partial charge in [-0.05, 0) is 29.8 Å². The minimum atomic E-state index is 0.0246. The summed E-state index contributed by atoms with van der Waals surface area (Å²) in [5.41, 5.74) is 0.560. The quantitative estimate of drug-likeness (QED) is 0.723. The summed E-state index contributed by atoms with van der Waals surface area (Å²) in [5, 5.41) is 4.94.